The van der Waals surface area contributed by atoms with E-state index in [1.807, 2.05) is 78.0 Å². The molecular weight excluding hydrogens is 689 g/mol. The molecule has 0 spiro atoms. The van der Waals surface area contributed by atoms with Gasteiger partial charge in [0.15, 0.2) is 5.78 Å². The van der Waals surface area contributed by atoms with Gasteiger partial charge >= 0.3 is 6.03 Å². The van der Waals surface area contributed by atoms with E-state index in [9.17, 15) is 9.59 Å². The van der Waals surface area contributed by atoms with Gasteiger partial charge in [-0.1, -0.05) is 67.6 Å². The summed E-state index contributed by atoms with van der Waals surface area (Å²) in [5, 5.41) is 15.4. The summed E-state index contributed by atoms with van der Waals surface area (Å²) < 4.78 is 19.1. The number of ether oxygens (including phenoxy) is 2. The fourth-order valence-corrected chi connectivity index (χ4v) is 5.30. The summed E-state index contributed by atoms with van der Waals surface area (Å²) in [4.78, 5) is 30.0. The third kappa shape index (κ3) is 8.21. The standard InChI is InChI=1S/C32H33N5O4S.CH3I/c1-20-14-30(42-19-20)37-29(17-28(36-37)32(2,3)4)35-31(39)34-26-10-11-27(25-9-7-6-8-24(25)26)41-23-12-13-33-21(16-23)15-22(38)18-40-5;1-2/h6-14,16-17,19H,15,18H2,1-5H3,(H2,34,35,39);1H3/i;1D. The van der Waals surface area contributed by atoms with E-state index < -0.39 is 0 Å². The normalized spacial score (nSPS) is 11.4. The zero-order valence-corrected chi connectivity index (χ0v) is 28.3. The van der Waals surface area contributed by atoms with Crippen molar-refractivity contribution in [3.8, 4) is 16.5 Å². The van der Waals surface area contributed by atoms with Gasteiger partial charge in [0.1, 0.15) is 28.9 Å². The van der Waals surface area contributed by atoms with Crippen molar-refractivity contribution in [2.45, 2.75) is 39.5 Å². The van der Waals surface area contributed by atoms with Gasteiger partial charge in [-0.3, -0.25) is 15.1 Å². The Kier molecular flexibility index (Phi) is 10.6. The summed E-state index contributed by atoms with van der Waals surface area (Å²) in [6.45, 7) is 8.34. The van der Waals surface area contributed by atoms with Gasteiger partial charge in [0, 0.05) is 43.0 Å². The number of fused-ring (bicyclic) bond motifs is 1. The van der Waals surface area contributed by atoms with E-state index in [1.165, 1.54) is 7.11 Å². The fraction of sp³-hybridized carbons (Fsp3) is 0.273. The Balaban J connectivity index is 0.00000148. The molecule has 0 bridgehead atoms. The summed E-state index contributed by atoms with van der Waals surface area (Å²) in [6, 6.07) is 18.3. The zero-order chi connectivity index (χ0) is 32.6. The molecule has 2 aromatic carbocycles. The molecule has 5 aromatic rings. The highest BCUT2D eigenvalue weighted by Gasteiger charge is 2.22. The van der Waals surface area contributed by atoms with Gasteiger partial charge in [-0.05, 0) is 47.0 Å². The SMILES string of the molecule is COCC(=O)Cc1cc(Oc2ccc(NC(=O)Nc3cc(C(C)(C)C)nn3-c3cc(C)cs3)c3ccccc23)ccn1.[2H]CI. The number of carbonyl (C=O) groups excluding carboxylic acids is 2. The molecule has 44 heavy (non-hydrogen) atoms. The Morgan fingerprint density at radius 3 is 2.50 bits per heavy atom. The summed E-state index contributed by atoms with van der Waals surface area (Å²) in [6.07, 6.45) is 1.77. The molecule has 0 saturated carbocycles. The highest BCUT2D eigenvalue weighted by atomic mass is 127. The van der Waals surface area contributed by atoms with E-state index in [0.29, 0.717) is 33.6 Å². The van der Waals surface area contributed by atoms with Crippen molar-refractivity contribution < 1.29 is 20.4 Å². The molecule has 2 amide bonds. The molecule has 3 aromatic heterocycles. The monoisotopic (exact) mass is 726 g/mol. The van der Waals surface area contributed by atoms with Gasteiger partial charge in [0.25, 0.3) is 0 Å². The van der Waals surface area contributed by atoms with E-state index in [0.717, 1.165) is 27.0 Å². The van der Waals surface area contributed by atoms with Crippen molar-refractivity contribution in [2.75, 3.05) is 29.3 Å². The van der Waals surface area contributed by atoms with Gasteiger partial charge in [-0.2, -0.15) is 5.10 Å². The summed E-state index contributed by atoms with van der Waals surface area (Å²) in [5.74, 6) is 1.68. The van der Waals surface area contributed by atoms with E-state index in [2.05, 4.69) is 41.8 Å². The number of ketones is 1. The number of anilines is 2. The molecule has 0 atom stereocenters. The molecule has 230 valence electrons. The van der Waals surface area contributed by atoms with Crippen LogP contribution in [0.5, 0.6) is 11.5 Å². The molecular formula is C33H36IN5O4S. The summed E-state index contributed by atoms with van der Waals surface area (Å²) >= 11 is 3.53. The quantitative estimate of drug-likeness (QED) is 0.117. The molecule has 3 heterocycles. The highest BCUT2D eigenvalue weighted by molar-refractivity contribution is 14.1. The second-order valence-corrected chi connectivity index (χ2v) is 11.9. The number of aromatic nitrogens is 3. The number of alkyl halides is 1. The topological polar surface area (TPSA) is 107 Å². The minimum Gasteiger partial charge on any atom is -0.457 e. The van der Waals surface area contributed by atoms with E-state index in [4.69, 9.17) is 15.9 Å². The van der Waals surface area contributed by atoms with Crippen LogP contribution in [0.25, 0.3) is 15.8 Å². The average Bonchev–Trinajstić information content (AvgIpc) is 3.61. The molecule has 9 nitrogen and oxygen atoms in total. The van der Waals surface area contributed by atoms with E-state index in [-0.39, 0.29) is 30.3 Å². The first-order valence-electron chi connectivity index (χ1n) is 14.5. The number of methoxy groups -OCH3 is 1. The molecule has 11 heteroatoms. The number of pyridine rings is 1. The number of hydrogen-bond acceptors (Lipinski definition) is 7. The lowest BCUT2D eigenvalue weighted by atomic mass is 9.92. The number of nitrogens with one attached hydrogen (secondary N) is 2. The molecule has 0 aliphatic heterocycles. The molecule has 5 rings (SSSR count). The van der Waals surface area contributed by atoms with Crippen LogP contribution < -0.4 is 15.4 Å². The third-order valence-electron chi connectivity index (χ3n) is 6.48. The molecule has 0 fully saturated rings. The summed E-state index contributed by atoms with van der Waals surface area (Å²) in [5.41, 5.74) is 3.05. The fourth-order valence-electron chi connectivity index (χ4n) is 4.43. The van der Waals surface area contributed by atoms with Crippen LogP contribution in [-0.2, 0) is 21.4 Å². The average molecular weight is 727 g/mol. The van der Waals surface area contributed by atoms with Gasteiger partial charge in [0.05, 0.1) is 23.5 Å². The number of benzene rings is 2. The molecule has 0 unspecified atom stereocenters. The largest absolute Gasteiger partial charge is 0.457 e. The number of amides is 2. The first kappa shape index (κ1) is 31.6. The first-order valence-corrected chi connectivity index (χ1v) is 16.2. The van der Waals surface area contributed by atoms with Gasteiger partial charge in [0.2, 0.25) is 0 Å². The Hall–Kier alpha value is -3.81. The first-order chi connectivity index (χ1) is 21.5. The number of carbonyl (C=O) groups is 2. The van der Waals surface area contributed by atoms with Gasteiger partial charge in [-0.25, -0.2) is 9.48 Å². The van der Waals surface area contributed by atoms with Crippen LogP contribution >= 0.6 is 33.9 Å². The smallest absolute Gasteiger partial charge is 0.324 e. The van der Waals surface area contributed by atoms with Crippen molar-refractivity contribution in [3.05, 3.63) is 89.2 Å². The Morgan fingerprint density at radius 2 is 1.82 bits per heavy atom. The number of halogens is 1. The number of rotatable bonds is 9. The second kappa shape index (κ2) is 14.8. The minimum absolute atomic E-state index is 0.0350. The maximum absolute atomic E-state index is 13.3. The molecule has 0 aliphatic carbocycles. The van der Waals surface area contributed by atoms with Crippen molar-refractivity contribution in [2.24, 2.45) is 0 Å². The number of thiophene rings is 1. The van der Waals surface area contributed by atoms with Crippen LogP contribution in [0, 0.1) is 6.92 Å². The van der Waals surface area contributed by atoms with Crippen molar-refractivity contribution in [1.82, 2.24) is 14.8 Å². The Labute approximate surface area is 276 Å². The Morgan fingerprint density at radius 1 is 1.07 bits per heavy atom. The Bertz CT molecular complexity index is 1780. The van der Waals surface area contributed by atoms with E-state index >= 15 is 0 Å². The van der Waals surface area contributed by atoms with Crippen molar-refractivity contribution in [1.29, 1.82) is 0 Å². The highest BCUT2D eigenvalue weighted by Crippen LogP contribution is 2.35. The molecule has 0 radical (unpaired) electrons. The second-order valence-electron chi connectivity index (χ2n) is 11.0. The van der Waals surface area contributed by atoms with Crippen LogP contribution in [0.15, 0.2) is 72.2 Å². The van der Waals surface area contributed by atoms with Crippen LogP contribution in [0.3, 0.4) is 0 Å². The van der Waals surface area contributed by atoms with E-state index in [1.54, 1.807) is 34.3 Å². The van der Waals surface area contributed by atoms with Crippen LogP contribution in [0.1, 0.15) is 39.1 Å². The van der Waals surface area contributed by atoms with Crippen LogP contribution in [-0.4, -0.2) is 45.2 Å². The number of urea groups is 1. The molecule has 0 aliphatic rings. The number of hydrogen-bond donors (Lipinski definition) is 2. The third-order valence-corrected chi connectivity index (χ3v) is 7.50. The predicted octanol–water partition coefficient (Wildman–Crippen LogP) is 8.33. The van der Waals surface area contributed by atoms with Gasteiger partial charge < -0.3 is 14.8 Å². The van der Waals surface area contributed by atoms with Gasteiger partial charge in [-0.15, -0.1) is 11.3 Å². The zero-order valence-electron chi connectivity index (χ0n) is 26.3. The lowest BCUT2D eigenvalue weighted by molar-refractivity contribution is -0.122. The maximum atomic E-state index is 13.3. The molecule has 0 saturated heterocycles. The summed E-state index contributed by atoms with van der Waals surface area (Å²) in [7, 11) is 1.49. The minimum atomic E-state index is -0.386. The van der Waals surface area contributed by atoms with Crippen LogP contribution in [0.2, 0.25) is 0 Å². The van der Waals surface area contributed by atoms with Crippen molar-refractivity contribution in [3.63, 3.8) is 0 Å². The lowest BCUT2D eigenvalue weighted by Crippen LogP contribution is -2.21. The lowest BCUT2D eigenvalue weighted by Gasteiger charge is -2.14. The predicted molar refractivity (Wildman–Crippen MR) is 186 cm³/mol. The van der Waals surface area contributed by atoms with Crippen LogP contribution in [0.4, 0.5) is 16.3 Å². The maximum Gasteiger partial charge on any atom is 0.324 e. The number of Topliss-reactive ketones (excluding diaryl/α,β-unsaturated/α-hetero) is 1. The number of nitrogens with zero attached hydrogens (tertiary/aromatic N) is 3. The molecule has 2 N–H and O–H groups in total. The number of aryl methyl sites for hydroxylation is 1. The van der Waals surface area contributed by atoms with Crippen molar-refractivity contribution >= 4 is 68.0 Å².